The molecule has 0 fully saturated rings. The van der Waals surface area contributed by atoms with Crippen molar-refractivity contribution in [3.63, 3.8) is 0 Å². The number of aromatic amines is 1. The van der Waals surface area contributed by atoms with E-state index in [0.29, 0.717) is 16.6 Å². The Balaban J connectivity index is 2.78. The van der Waals surface area contributed by atoms with E-state index in [4.69, 9.17) is 17.3 Å². The first kappa shape index (κ1) is 9.02. The number of rotatable bonds is 2. The topological polar surface area (TPSA) is 71.8 Å². The molecule has 1 aromatic heterocycles. The summed E-state index contributed by atoms with van der Waals surface area (Å²) in [6.45, 7) is 0. The zero-order chi connectivity index (χ0) is 10.1. The average molecular weight is 210 g/mol. The summed E-state index contributed by atoms with van der Waals surface area (Å²) in [5.41, 5.74) is 7.88. The Morgan fingerprint density at radius 2 is 2.36 bits per heavy atom. The summed E-state index contributed by atoms with van der Waals surface area (Å²) in [7, 11) is 0. The average Bonchev–Trinajstić information content (AvgIpc) is 2.63. The van der Waals surface area contributed by atoms with Gasteiger partial charge in [0, 0.05) is 11.1 Å². The first-order valence-corrected chi connectivity index (χ1v) is 4.58. The summed E-state index contributed by atoms with van der Waals surface area (Å²) in [4.78, 5) is 18.1. The van der Waals surface area contributed by atoms with Gasteiger partial charge in [0.05, 0.1) is 23.2 Å². The van der Waals surface area contributed by atoms with E-state index in [-0.39, 0.29) is 5.88 Å². The maximum Gasteiger partial charge on any atom is 0.249 e. The number of H-pyrrole nitrogens is 1. The van der Waals surface area contributed by atoms with Crippen molar-refractivity contribution in [3.05, 3.63) is 29.6 Å². The number of halogens is 1. The molecular weight excluding hydrogens is 202 g/mol. The van der Waals surface area contributed by atoms with Crippen molar-refractivity contribution in [2.75, 3.05) is 0 Å². The Labute approximate surface area is 85.1 Å². The number of alkyl halides is 1. The van der Waals surface area contributed by atoms with Gasteiger partial charge in [0.2, 0.25) is 5.91 Å². The van der Waals surface area contributed by atoms with Gasteiger partial charge in [-0.1, -0.05) is 0 Å². The van der Waals surface area contributed by atoms with Gasteiger partial charge in [-0.25, -0.2) is 4.98 Å². The summed E-state index contributed by atoms with van der Waals surface area (Å²) < 4.78 is 0. The number of nitrogens with two attached hydrogens (primary N) is 1. The van der Waals surface area contributed by atoms with Crippen LogP contribution in [0.15, 0.2) is 18.5 Å². The van der Waals surface area contributed by atoms with Crippen LogP contribution in [0.2, 0.25) is 0 Å². The number of nitrogens with zero attached hydrogens (tertiary/aromatic N) is 1. The van der Waals surface area contributed by atoms with E-state index < -0.39 is 5.91 Å². The van der Waals surface area contributed by atoms with E-state index in [0.717, 1.165) is 5.52 Å². The molecule has 1 amide bonds. The number of hydrogen-bond donors (Lipinski definition) is 2. The normalized spacial score (nSPS) is 10.6. The van der Waals surface area contributed by atoms with Crippen LogP contribution in [-0.4, -0.2) is 15.9 Å². The lowest BCUT2D eigenvalue weighted by Gasteiger charge is -2.03. The maximum atomic E-state index is 11.1. The smallest absolute Gasteiger partial charge is 0.249 e. The number of amides is 1. The van der Waals surface area contributed by atoms with Crippen LogP contribution < -0.4 is 5.73 Å². The van der Waals surface area contributed by atoms with Crippen LogP contribution in [0.4, 0.5) is 0 Å². The Bertz CT molecular complexity index is 492. The minimum atomic E-state index is -0.481. The lowest BCUT2D eigenvalue weighted by atomic mass is 10.1. The molecule has 5 heteroatoms. The number of carbonyl (C=O) groups is 1. The fraction of sp³-hybridized carbons (Fsp3) is 0.111. The highest BCUT2D eigenvalue weighted by atomic mass is 35.5. The van der Waals surface area contributed by atoms with Crippen molar-refractivity contribution in [1.29, 1.82) is 0 Å². The highest BCUT2D eigenvalue weighted by Gasteiger charge is 2.12. The second-order valence-electron chi connectivity index (χ2n) is 2.89. The SMILES string of the molecule is NC(=O)c1ccc2[nH]cnc2c1CCl. The van der Waals surface area contributed by atoms with Gasteiger partial charge in [-0.3, -0.25) is 4.79 Å². The van der Waals surface area contributed by atoms with Gasteiger partial charge in [0.25, 0.3) is 0 Å². The van der Waals surface area contributed by atoms with Gasteiger partial charge in [-0.05, 0) is 12.1 Å². The molecule has 0 bridgehead atoms. The predicted molar refractivity (Wildman–Crippen MR) is 54.2 cm³/mol. The molecule has 0 atom stereocenters. The Kier molecular flexibility index (Phi) is 2.13. The molecule has 2 aromatic rings. The van der Waals surface area contributed by atoms with E-state index in [1.54, 1.807) is 18.5 Å². The third-order valence-electron chi connectivity index (χ3n) is 2.10. The quantitative estimate of drug-likeness (QED) is 0.734. The van der Waals surface area contributed by atoms with Gasteiger partial charge < -0.3 is 10.7 Å². The molecule has 0 unspecified atom stereocenters. The van der Waals surface area contributed by atoms with Crippen LogP contribution in [0.5, 0.6) is 0 Å². The Morgan fingerprint density at radius 3 is 3.00 bits per heavy atom. The number of aromatic nitrogens is 2. The molecule has 14 heavy (non-hydrogen) atoms. The Hall–Kier alpha value is -1.55. The van der Waals surface area contributed by atoms with E-state index in [1.807, 2.05) is 0 Å². The largest absolute Gasteiger partial charge is 0.366 e. The summed E-state index contributed by atoms with van der Waals surface area (Å²) in [5, 5.41) is 0. The van der Waals surface area contributed by atoms with Crippen molar-refractivity contribution in [3.8, 4) is 0 Å². The van der Waals surface area contributed by atoms with Crippen LogP contribution in [0, 0.1) is 0 Å². The molecule has 3 N–H and O–H groups in total. The highest BCUT2D eigenvalue weighted by molar-refractivity contribution is 6.19. The van der Waals surface area contributed by atoms with Crippen LogP contribution in [0.1, 0.15) is 15.9 Å². The molecule has 0 aliphatic heterocycles. The monoisotopic (exact) mass is 209 g/mol. The molecule has 2 rings (SSSR count). The number of carbonyl (C=O) groups excluding carboxylic acids is 1. The molecular formula is C9H8ClN3O. The number of primary amides is 1. The van der Waals surface area contributed by atoms with Gasteiger partial charge in [0.1, 0.15) is 0 Å². The van der Waals surface area contributed by atoms with Crippen molar-refractivity contribution in [2.45, 2.75) is 5.88 Å². The van der Waals surface area contributed by atoms with E-state index in [9.17, 15) is 4.79 Å². The highest BCUT2D eigenvalue weighted by Crippen LogP contribution is 2.20. The van der Waals surface area contributed by atoms with Gasteiger partial charge in [-0.15, -0.1) is 11.6 Å². The first-order valence-electron chi connectivity index (χ1n) is 4.04. The van der Waals surface area contributed by atoms with Crippen LogP contribution in [0.25, 0.3) is 11.0 Å². The summed E-state index contributed by atoms with van der Waals surface area (Å²) in [6.07, 6.45) is 1.56. The van der Waals surface area contributed by atoms with Gasteiger partial charge in [-0.2, -0.15) is 0 Å². The fourth-order valence-electron chi connectivity index (χ4n) is 1.43. The minimum absolute atomic E-state index is 0.223. The van der Waals surface area contributed by atoms with E-state index in [2.05, 4.69) is 9.97 Å². The van der Waals surface area contributed by atoms with Crippen molar-refractivity contribution in [2.24, 2.45) is 5.73 Å². The maximum absolute atomic E-state index is 11.1. The van der Waals surface area contributed by atoms with Gasteiger partial charge in [0.15, 0.2) is 0 Å². The van der Waals surface area contributed by atoms with Crippen molar-refractivity contribution >= 4 is 28.5 Å². The van der Waals surface area contributed by atoms with E-state index >= 15 is 0 Å². The third kappa shape index (κ3) is 1.24. The summed E-state index contributed by atoms with van der Waals surface area (Å²) >= 11 is 5.75. The molecule has 72 valence electrons. The van der Waals surface area contributed by atoms with Crippen LogP contribution in [-0.2, 0) is 5.88 Å². The van der Waals surface area contributed by atoms with Crippen molar-refractivity contribution < 1.29 is 4.79 Å². The number of hydrogen-bond acceptors (Lipinski definition) is 2. The molecule has 0 spiro atoms. The molecule has 0 aliphatic carbocycles. The second kappa shape index (κ2) is 3.31. The van der Waals surface area contributed by atoms with E-state index in [1.165, 1.54) is 0 Å². The predicted octanol–water partition coefficient (Wildman–Crippen LogP) is 1.40. The minimum Gasteiger partial charge on any atom is -0.366 e. The zero-order valence-electron chi connectivity index (χ0n) is 7.25. The fourth-order valence-corrected chi connectivity index (χ4v) is 1.70. The van der Waals surface area contributed by atoms with Crippen molar-refractivity contribution in [1.82, 2.24) is 9.97 Å². The molecule has 4 nitrogen and oxygen atoms in total. The standard InChI is InChI=1S/C9H8ClN3O/c10-3-6-5(9(11)14)1-2-7-8(6)13-4-12-7/h1-2,4H,3H2,(H2,11,14)(H,12,13). The van der Waals surface area contributed by atoms with Gasteiger partial charge >= 0.3 is 0 Å². The summed E-state index contributed by atoms with van der Waals surface area (Å²) in [5.74, 6) is -0.258. The number of imidazole rings is 1. The number of fused-ring (bicyclic) bond motifs is 1. The zero-order valence-corrected chi connectivity index (χ0v) is 8.01. The lowest BCUT2D eigenvalue weighted by molar-refractivity contribution is 0.1000. The molecule has 0 saturated carbocycles. The van der Waals surface area contributed by atoms with Crippen LogP contribution in [0.3, 0.4) is 0 Å². The Morgan fingerprint density at radius 1 is 1.57 bits per heavy atom. The third-order valence-corrected chi connectivity index (χ3v) is 2.36. The lowest BCUT2D eigenvalue weighted by Crippen LogP contribution is -2.13. The number of nitrogens with one attached hydrogen (secondary N) is 1. The molecule has 0 saturated heterocycles. The first-order chi connectivity index (χ1) is 6.74. The summed E-state index contributed by atoms with van der Waals surface area (Å²) in [6, 6.07) is 3.42. The molecule has 1 aromatic carbocycles. The number of benzene rings is 1. The molecule has 0 radical (unpaired) electrons. The van der Waals surface area contributed by atoms with Crippen LogP contribution >= 0.6 is 11.6 Å². The molecule has 0 aliphatic rings. The second-order valence-corrected chi connectivity index (χ2v) is 3.16. The molecule has 1 heterocycles.